The third-order valence-electron chi connectivity index (χ3n) is 5.60. The number of nitrogens with zero attached hydrogens (tertiary/aromatic N) is 2. The van der Waals surface area contributed by atoms with E-state index in [0.29, 0.717) is 16.7 Å². The fourth-order valence-corrected chi connectivity index (χ4v) is 4.02. The van der Waals surface area contributed by atoms with Gasteiger partial charge in [0.2, 0.25) is 0 Å². The number of halogens is 5. The second kappa shape index (κ2) is 10.2. The number of aliphatic imine (C=N–C) groups is 1. The Morgan fingerprint density at radius 1 is 0.972 bits per heavy atom. The molecule has 36 heavy (non-hydrogen) atoms. The van der Waals surface area contributed by atoms with E-state index in [9.17, 15) is 26.7 Å². The minimum absolute atomic E-state index is 0.0684. The molecule has 0 aromatic heterocycles. The predicted molar refractivity (Wildman–Crippen MR) is 119 cm³/mol. The summed E-state index contributed by atoms with van der Waals surface area (Å²) in [5, 5.41) is 8.74. The van der Waals surface area contributed by atoms with Crippen LogP contribution in [-0.2, 0) is 9.53 Å². The Kier molecular flexibility index (Phi) is 7.01. The number of alkyl halides is 3. The van der Waals surface area contributed by atoms with Crippen molar-refractivity contribution in [3.63, 3.8) is 0 Å². The molecule has 0 saturated carbocycles. The Labute approximate surface area is 202 Å². The molecule has 3 aromatic carbocycles. The zero-order valence-electron chi connectivity index (χ0n) is 18.4. The van der Waals surface area contributed by atoms with E-state index >= 15 is 0 Å². The highest BCUT2D eigenvalue weighted by Crippen LogP contribution is 2.39. The van der Waals surface area contributed by atoms with E-state index < -0.39 is 42.5 Å². The lowest BCUT2D eigenvalue weighted by atomic mass is 9.90. The van der Waals surface area contributed by atoms with Crippen molar-refractivity contribution in [2.24, 2.45) is 10.9 Å². The van der Waals surface area contributed by atoms with Crippen molar-refractivity contribution in [1.29, 1.82) is 5.26 Å². The topological polar surface area (TPSA) is 71.7 Å². The Balaban J connectivity index is 1.62. The average Bonchev–Trinajstić information content (AvgIpc) is 3.27. The highest BCUT2D eigenvalue weighted by atomic mass is 19.4. The Morgan fingerprint density at radius 3 is 2.11 bits per heavy atom. The molecule has 184 valence electrons. The molecule has 0 fully saturated rings. The molecule has 0 saturated heterocycles. The maximum absolute atomic E-state index is 14.4. The van der Waals surface area contributed by atoms with E-state index in [1.54, 1.807) is 30.3 Å². The molecule has 0 bridgehead atoms. The van der Waals surface area contributed by atoms with Gasteiger partial charge in [-0.3, -0.25) is 9.79 Å². The molecule has 0 unspecified atom stereocenters. The van der Waals surface area contributed by atoms with Crippen molar-refractivity contribution in [2.75, 3.05) is 6.61 Å². The Bertz CT molecular complexity index is 1310. The van der Waals surface area contributed by atoms with Crippen molar-refractivity contribution in [1.82, 2.24) is 0 Å². The normalized spacial score (nSPS) is 17.3. The van der Waals surface area contributed by atoms with Crippen LogP contribution in [0.1, 0.15) is 23.6 Å². The first-order valence-corrected chi connectivity index (χ1v) is 10.7. The molecule has 4 rings (SSSR count). The number of carbonyl (C=O) groups excluding carboxylic acids is 1. The summed E-state index contributed by atoms with van der Waals surface area (Å²) in [5.74, 6) is -3.60. The van der Waals surface area contributed by atoms with E-state index in [1.807, 2.05) is 0 Å². The molecule has 1 aliphatic heterocycles. The van der Waals surface area contributed by atoms with Crippen LogP contribution in [0.5, 0.6) is 5.75 Å². The lowest BCUT2D eigenvalue weighted by Gasteiger charge is -2.17. The summed E-state index contributed by atoms with van der Waals surface area (Å²) < 4.78 is 74.7. The monoisotopic (exact) mass is 500 g/mol. The maximum atomic E-state index is 14.4. The van der Waals surface area contributed by atoms with E-state index in [-0.39, 0.29) is 23.4 Å². The van der Waals surface area contributed by atoms with Crippen molar-refractivity contribution in [2.45, 2.75) is 18.8 Å². The van der Waals surface area contributed by atoms with Gasteiger partial charge in [-0.1, -0.05) is 42.5 Å². The van der Waals surface area contributed by atoms with Crippen LogP contribution in [0, 0.1) is 28.9 Å². The molecular weight excluding hydrogens is 483 g/mol. The predicted octanol–water partition coefficient (Wildman–Crippen LogP) is 6.15. The molecule has 0 aliphatic carbocycles. The van der Waals surface area contributed by atoms with Gasteiger partial charge in [-0.15, -0.1) is 13.2 Å². The highest BCUT2D eigenvalue weighted by Gasteiger charge is 2.39. The van der Waals surface area contributed by atoms with Gasteiger partial charge in [-0.25, -0.2) is 8.78 Å². The number of esters is 1. The van der Waals surface area contributed by atoms with Crippen LogP contribution in [-0.4, -0.2) is 24.7 Å². The molecule has 5 nitrogen and oxygen atoms in total. The van der Waals surface area contributed by atoms with Gasteiger partial charge in [0.05, 0.1) is 17.5 Å². The van der Waals surface area contributed by atoms with Crippen LogP contribution in [0.15, 0.2) is 71.7 Å². The summed E-state index contributed by atoms with van der Waals surface area (Å²) in [6, 6.07) is 16.3. The summed E-state index contributed by atoms with van der Waals surface area (Å²) in [5.41, 5.74) is 1.59. The average molecular weight is 500 g/mol. The fourth-order valence-electron chi connectivity index (χ4n) is 4.02. The third-order valence-corrected chi connectivity index (χ3v) is 5.60. The Morgan fingerprint density at radius 2 is 1.56 bits per heavy atom. The van der Waals surface area contributed by atoms with Crippen LogP contribution in [0.4, 0.5) is 22.0 Å². The molecule has 2 atom stereocenters. The fraction of sp³-hybridized carbons (Fsp3) is 0.192. The van der Waals surface area contributed by atoms with Crippen molar-refractivity contribution in [3.8, 4) is 22.9 Å². The van der Waals surface area contributed by atoms with Gasteiger partial charge in [0.25, 0.3) is 0 Å². The van der Waals surface area contributed by atoms with E-state index in [1.165, 1.54) is 30.3 Å². The summed E-state index contributed by atoms with van der Waals surface area (Å²) >= 11 is 0. The van der Waals surface area contributed by atoms with Crippen molar-refractivity contribution in [3.05, 3.63) is 89.5 Å². The second-order valence-corrected chi connectivity index (χ2v) is 7.89. The lowest BCUT2D eigenvalue weighted by molar-refractivity contribution is -0.274. The third kappa shape index (κ3) is 5.51. The molecule has 0 N–H and O–H groups in total. The molecule has 0 radical (unpaired) electrons. The minimum atomic E-state index is -4.79. The maximum Gasteiger partial charge on any atom is 0.573 e. The molecule has 1 aliphatic rings. The quantitative estimate of drug-likeness (QED) is 0.301. The lowest BCUT2D eigenvalue weighted by Crippen LogP contribution is -2.22. The number of ether oxygens (including phenoxy) is 2. The van der Waals surface area contributed by atoms with Crippen LogP contribution >= 0.6 is 0 Å². The zero-order valence-corrected chi connectivity index (χ0v) is 18.4. The number of benzene rings is 3. The van der Waals surface area contributed by atoms with Gasteiger partial charge in [-0.05, 0) is 41.0 Å². The molecular formula is C26H17F5N2O3. The van der Waals surface area contributed by atoms with E-state index in [0.717, 1.165) is 12.1 Å². The largest absolute Gasteiger partial charge is 0.573 e. The first kappa shape index (κ1) is 24.9. The number of rotatable bonds is 6. The summed E-state index contributed by atoms with van der Waals surface area (Å²) in [4.78, 5) is 17.1. The van der Waals surface area contributed by atoms with E-state index in [4.69, 9.17) is 10.00 Å². The van der Waals surface area contributed by atoms with Crippen molar-refractivity contribution < 1.29 is 36.2 Å². The Hall–Kier alpha value is -4.26. The van der Waals surface area contributed by atoms with Gasteiger partial charge >= 0.3 is 12.3 Å². The smallest absolute Gasteiger partial charge is 0.450 e. The number of carbonyl (C=O) groups is 1. The van der Waals surface area contributed by atoms with Gasteiger partial charge in [0.1, 0.15) is 23.5 Å². The van der Waals surface area contributed by atoms with Gasteiger partial charge in [-0.2, -0.15) is 5.26 Å². The van der Waals surface area contributed by atoms with Crippen LogP contribution < -0.4 is 4.74 Å². The van der Waals surface area contributed by atoms with Crippen LogP contribution in [0.25, 0.3) is 11.1 Å². The van der Waals surface area contributed by atoms with Crippen LogP contribution in [0.3, 0.4) is 0 Å². The highest BCUT2D eigenvalue weighted by molar-refractivity contribution is 6.04. The van der Waals surface area contributed by atoms with Gasteiger partial charge in [0.15, 0.2) is 6.61 Å². The summed E-state index contributed by atoms with van der Waals surface area (Å²) in [6.07, 6.45) is -4.88. The zero-order chi connectivity index (χ0) is 25.9. The van der Waals surface area contributed by atoms with Crippen LogP contribution in [0.2, 0.25) is 0 Å². The second-order valence-electron chi connectivity index (χ2n) is 7.89. The molecule has 1 heterocycles. The molecule has 0 spiro atoms. The SMILES string of the molecule is N#CCOC(=O)[C@H]1CC(c2c(F)cccc2F)=N[C@H]1c1ccc(-c2ccc(OC(F)(F)F)cc2)cc1. The first-order chi connectivity index (χ1) is 17.2. The number of hydrogen-bond acceptors (Lipinski definition) is 5. The van der Waals surface area contributed by atoms with E-state index in [2.05, 4.69) is 9.73 Å². The standard InChI is InChI=1S/C26H17F5N2O3/c27-20-2-1-3-21(28)23(20)22-14-19(25(34)35-13-12-32)24(33-22)17-6-4-15(5-7-17)16-8-10-18(11-9-16)36-26(29,30)31/h1-11,19,24H,13-14H2/t19-,24-/m0/s1. The summed E-state index contributed by atoms with van der Waals surface area (Å²) in [7, 11) is 0. The van der Waals surface area contributed by atoms with Crippen molar-refractivity contribution >= 4 is 11.7 Å². The van der Waals surface area contributed by atoms with Gasteiger partial charge in [0, 0.05) is 12.1 Å². The molecule has 0 amide bonds. The number of hydrogen-bond donors (Lipinski definition) is 0. The molecule has 10 heteroatoms. The minimum Gasteiger partial charge on any atom is -0.450 e. The van der Waals surface area contributed by atoms with Gasteiger partial charge < -0.3 is 9.47 Å². The summed E-state index contributed by atoms with van der Waals surface area (Å²) in [6.45, 7) is -0.474. The first-order valence-electron chi connectivity index (χ1n) is 10.7. The number of nitriles is 1. The molecule has 3 aromatic rings.